The van der Waals surface area contributed by atoms with E-state index in [2.05, 4.69) is 10.6 Å². The molecule has 1 heterocycles. The number of anilines is 1. The van der Waals surface area contributed by atoms with Crippen LogP contribution in [-0.4, -0.2) is 37.1 Å². The van der Waals surface area contributed by atoms with E-state index in [4.69, 9.17) is 0 Å². The van der Waals surface area contributed by atoms with Crippen molar-refractivity contribution in [1.29, 1.82) is 0 Å². The smallest absolute Gasteiger partial charge is 0.243 e. The van der Waals surface area contributed by atoms with Gasteiger partial charge in [0.1, 0.15) is 6.04 Å². The molecule has 0 spiro atoms. The van der Waals surface area contributed by atoms with E-state index < -0.39 is 16.1 Å². The second-order valence-corrected chi connectivity index (χ2v) is 10.2. The summed E-state index contributed by atoms with van der Waals surface area (Å²) in [7, 11) is -3.72. The van der Waals surface area contributed by atoms with Gasteiger partial charge in [0.2, 0.25) is 21.8 Å². The summed E-state index contributed by atoms with van der Waals surface area (Å²) < 4.78 is 27.4. The molecule has 1 atom stereocenters. The second-order valence-electron chi connectivity index (χ2n) is 8.27. The summed E-state index contributed by atoms with van der Waals surface area (Å²) in [5.74, 6) is -0.0963. The van der Waals surface area contributed by atoms with Gasteiger partial charge in [0.15, 0.2) is 0 Å². The molecule has 2 aromatic rings. The fourth-order valence-electron chi connectivity index (χ4n) is 3.74. The lowest BCUT2D eigenvalue weighted by Gasteiger charge is -2.23. The zero-order chi connectivity index (χ0) is 22.0. The Morgan fingerprint density at radius 1 is 0.968 bits per heavy atom. The first-order chi connectivity index (χ1) is 14.8. The van der Waals surface area contributed by atoms with Gasteiger partial charge in [-0.2, -0.15) is 4.31 Å². The van der Waals surface area contributed by atoms with E-state index in [-0.39, 0.29) is 22.6 Å². The van der Waals surface area contributed by atoms with E-state index in [1.165, 1.54) is 4.31 Å². The highest BCUT2D eigenvalue weighted by molar-refractivity contribution is 7.89. The van der Waals surface area contributed by atoms with Crippen molar-refractivity contribution in [1.82, 2.24) is 9.62 Å². The van der Waals surface area contributed by atoms with E-state index in [9.17, 15) is 18.0 Å². The van der Waals surface area contributed by atoms with Crippen molar-refractivity contribution < 1.29 is 18.0 Å². The van der Waals surface area contributed by atoms with E-state index in [0.717, 1.165) is 29.7 Å². The van der Waals surface area contributed by atoms with Crippen LogP contribution in [0.3, 0.4) is 0 Å². The van der Waals surface area contributed by atoms with Gasteiger partial charge in [0, 0.05) is 24.7 Å². The highest BCUT2D eigenvalue weighted by Gasteiger charge is 2.39. The summed E-state index contributed by atoms with van der Waals surface area (Å²) in [5.41, 5.74) is 2.59. The fourth-order valence-corrected chi connectivity index (χ4v) is 5.39. The van der Waals surface area contributed by atoms with Crippen molar-refractivity contribution in [3.63, 3.8) is 0 Å². The number of carbonyl (C=O) groups is 2. The molecule has 7 nitrogen and oxygen atoms in total. The predicted octanol–water partition coefficient (Wildman–Crippen LogP) is 2.81. The number of benzene rings is 2. The SMILES string of the molecule is Cc1ccc(S(=O)(=O)N2CCC[C@H]2C(=O)NCc2ccc(NC(=O)C3CC3)cc2)cc1. The van der Waals surface area contributed by atoms with Crippen LogP contribution in [0.15, 0.2) is 53.4 Å². The second kappa shape index (κ2) is 8.80. The monoisotopic (exact) mass is 441 g/mol. The molecule has 1 saturated carbocycles. The van der Waals surface area contributed by atoms with Crippen molar-refractivity contribution >= 4 is 27.5 Å². The van der Waals surface area contributed by atoms with Crippen LogP contribution in [0.25, 0.3) is 0 Å². The molecule has 0 radical (unpaired) electrons. The van der Waals surface area contributed by atoms with Crippen molar-refractivity contribution in [3.8, 4) is 0 Å². The lowest BCUT2D eigenvalue weighted by molar-refractivity contribution is -0.124. The molecule has 1 saturated heterocycles. The average Bonchev–Trinajstić information content (AvgIpc) is 3.49. The molecule has 0 aromatic heterocycles. The number of rotatable bonds is 7. The molecule has 2 fully saturated rings. The Kier molecular flexibility index (Phi) is 6.11. The third-order valence-corrected chi connectivity index (χ3v) is 7.69. The molecule has 0 unspecified atom stereocenters. The molecule has 164 valence electrons. The molecule has 4 rings (SSSR count). The standard InChI is InChI=1S/C23H27N3O4S/c1-16-4-12-20(13-5-16)31(29,30)26-14-2-3-21(26)23(28)24-15-17-6-10-19(11-7-17)25-22(27)18-8-9-18/h4-7,10-13,18,21H,2-3,8-9,14-15H2,1H3,(H,24,28)(H,25,27)/t21-/m0/s1. The van der Waals surface area contributed by atoms with E-state index in [1.807, 2.05) is 31.2 Å². The van der Waals surface area contributed by atoms with Gasteiger partial charge in [-0.3, -0.25) is 9.59 Å². The lowest BCUT2D eigenvalue weighted by atomic mass is 10.2. The summed E-state index contributed by atoms with van der Waals surface area (Å²) in [5, 5.41) is 5.74. The number of nitrogens with zero attached hydrogens (tertiary/aromatic N) is 1. The van der Waals surface area contributed by atoms with Crippen LogP contribution in [0, 0.1) is 12.8 Å². The molecule has 2 aromatic carbocycles. The van der Waals surface area contributed by atoms with Crippen molar-refractivity contribution in [3.05, 3.63) is 59.7 Å². The molecular weight excluding hydrogens is 414 g/mol. The zero-order valence-electron chi connectivity index (χ0n) is 17.5. The highest BCUT2D eigenvalue weighted by Crippen LogP contribution is 2.30. The maximum Gasteiger partial charge on any atom is 0.243 e. The quantitative estimate of drug-likeness (QED) is 0.691. The third-order valence-electron chi connectivity index (χ3n) is 5.77. The number of amides is 2. The average molecular weight is 442 g/mol. The van der Waals surface area contributed by atoms with E-state index in [1.54, 1.807) is 24.3 Å². The maximum atomic E-state index is 13.0. The van der Waals surface area contributed by atoms with Crippen LogP contribution >= 0.6 is 0 Å². The Balaban J connectivity index is 1.36. The van der Waals surface area contributed by atoms with Gasteiger partial charge in [-0.15, -0.1) is 0 Å². The Morgan fingerprint density at radius 3 is 2.29 bits per heavy atom. The third kappa shape index (κ3) is 4.97. The van der Waals surface area contributed by atoms with E-state index in [0.29, 0.717) is 25.9 Å². The van der Waals surface area contributed by atoms with Gasteiger partial charge >= 0.3 is 0 Å². The topological polar surface area (TPSA) is 95.6 Å². The highest BCUT2D eigenvalue weighted by atomic mass is 32.2. The Morgan fingerprint density at radius 2 is 1.65 bits per heavy atom. The van der Waals surface area contributed by atoms with Crippen LogP contribution in [0.2, 0.25) is 0 Å². The minimum atomic E-state index is -3.72. The number of aryl methyl sites for hydroxylation is 1. The fraction of sp³-hybridized carbons (Fsp3) is 0.391. The lowest BCUT2D eigenvalue weighted by Crippen LogP contribution is -2.45. The van der Waals surface area contributed by atoms with Crippen LogP contribution in [0.4, 0.5) is 5.69 Å². The van der Waals surface area contributed by atoms with Crippen LogP contribution < -0.4 is 10.6 Å². The van der Waals surface area contributed by atoms with Crippen molar-refractivity contribution in [2.45, 2.75) is 50.1 Å². The first-order valence-electron chi connectivity index (χ1n) is 10.6. The maximum absolute atomic E-state index is 13.0. The predicted molar refractivity (Wildman–Crippen MR) is 118 cm³/mol. The number of sulfonamides is 1. The molecule has 1 aliphatic carbocycles. The van der Waals surface area contributed by atoms with Gasteiger partial charge in [0.05, 0.1) is 4.90 Å². The molecule has 2 amide bonds. The molecule has 1 aliphatic heterocycles. The molecule has 31 heavy (non-hydrogen) atoms. The number of carbonyl (C=O) groups excluding carboxylic acids is 2. The number of hydrogen-bond acceptors (Lipinski definition) is 4. The van der Waals surface area contributed by atoms with Crippen LogP contribution in [-0.2, 0) is 26.2 Å². The minimum absolute atomic E-state index is 0.0529. The summed E-state index contributed by atoms with van der Waals surface area (Å²) in [6.07, 6.45) is 3.06. The first-order valence-corrected chi connectivity index (χ1v) is 12.0. The Labute approximate surface area is 182 Å². The van der Waals surface area contributed by atoms with Gasteiger partial charge in [-0.05, 0) is 62.4 Å². The summed E-state index contributed by atoms with van der Waals surface area (Å²) >= 11 is 0. The van der Waals surface area contributed by atoms with Crippen LogP contribution in [0.5, 0.6) is 0 Å². The summed E-state index contributed by atoms with van der Waals surface area (Å²) in [4.78, 5) is 24.8. The largest absolute Gasteiger partial charge is 0.351 e. The van der Waals surface area contributed by atoms with E-state index >= 15 is 0 Å². The van der Waals surface area contributed by atoms with Crippen molar-refractivity contribution in [2.75, 3.05) is 11.9 Å². The van der Waals surface area contributed by atoms with Gasteiger partial charge in [-0.1, -0.05) is 29.8 Å². The molecular formula is C23H27N3O4S. The number of hydrogen-bond donors (Lipinski definition) is 2. The first kappa shape index (κ1) is 21.5. The number of nitrogens with one attached hydrogen (secondary N) is 2. The Bertz CT molecular complexity index is 1060. The van der Waals surface area contributed by atoms with Gasteiger partial charge < -0.3 is 10.6 Å². The molecule has 2 N–H and O–H groups in total. The normalized spacial score (nSPS) is 19.2. The molecule has 8 heteroatoms. The van der Waals surface area contributed by atoms with Crippen LogP contribution in [0.1, 0.15) is 36.8 Å². The van der Waals surface area contributed by atoms with Crippen molar-refractivity contribution in [2.24, 2.45) is 5.92 Å². The minimum Gasteiger partial charge on any atom is -0.351 e. The molecule has 2 aliphatic rings. The Hall–Kier alpha value is -2.71. The zero-order valence-corrected chi connectivity index (χ0v) is 18.3. The van der Waals surface area contributed by atoms with Gasteiger partial charge in [0.25, 0.3) is 0 Å². The van der Waals surface area contributed by atoms with Gasteiger partial charge in [-0.25, -0.2) is 8.42 Å². The summed E-state index contributed by atoms with van der Waals surface area (Å²) in [6.45, 7) is 2.53. The molecule has 0 bridgehead atoms. The summed E-state index contributed by atoms with van der Waals surface area (Å²) in [6, 6.07) is 13.3.